The molecule has 0 radical (unpaired) electrons. The predicted molar refractivity (Wildman–Crippen MR) is 55.6 cm³/mol. The average Bonchev–Trinajstić information content (AvgIpc) is 2.17. The molecule has 0 spiro atoms. The highest BCUT2D eigenvalue weighted by Gasteiger charge is 2.17. The molecule has 0 heterocycles. The van der Waals surface area contributed by atoms with Crippen LogP contribution in [0.4, 0.5) is 0 Å². The first-order valence-electron chi connectivity index (χ1n) is 5.23. The summed E-state index contributed by atoms with van der Waals surface area (Å²) in [6.07, 6.45) is 2.29. The van der Waals surface area contributed by atoms with Gasteiger partial charge in [0.2, 0.25) is 0 Å². The van der Waals surface area contributed by atoms with E-state index in [-0.39, 0.29) is 6.54 Å². The number of esters is 1. The molecule has 0 aromatic heterocycles. The van der Waals surface area contributed by atoms with Gasteiger partial charge in [0.1, 0.15) is 6.04 Å². The van der Waals surface area contributed by atoms with E-state index in [1.807, 2.05) is 6.92 Å². The van der Waals surface area contributed by atoms with Crippen molar-refractivity contribution in [1.82, 2.24) is 5.32 Å². The molecule has 0 aliphatic heterocycles. The first kappa shape index (κ1) is 13.9. The summed E-state index contributed by atoms with van der Waals surface area (Å²) in [5.41, 5.74) is 0. The standard InChI is InChI=1S/C10H19NO4/c1-3-5-6-8(10(13)14)11-7-9(12)15-4-2/h8,11H,3-7H2,1-2H3,(H,13,14). The zero-order valence-corrected chi connectivity index (χ0v) is 9.28. The Morgan fingerprint density at radius 2 is 2.07 bits per heavy atom. The molecule has 0 aromatic carbocycles. The molecular formula is C10H19NO4. The van der Waals surface area contributed by atoms with Crippen LogP contribution in [-0.2, 0) is 14.3 Å². The summed E-state index contributed by atoms with van der Waals surface area (Å²) in [5.74, 6) is -1.34. The van der Waals surface area contributed by atoms with Gasteiger partial charge in [0, 0.05) is 0 Å². The molecule has 0 saturated carbocycles. The summed E-state index contributed by atoms with van der Waals surface area (Å²) < 4.78 is 4.68. The normalized spacial score (nSPS) is 12.1. The SMILES string of the molecule is CCCCC(NCC(=O)OCC)C(=O)O. The molecule has 0 saturated heterocycles. The maximum Gasteiger partial charge on any atom is 0.320 e. The molecule has 0 amide bonds. The Morgan fingerprint density at radius 1 is 1.40 bits per heavy atom. The van der Waals surface area contributed by atoms with Crippen molar-refractivity contribution in [1.29, 1.82) is 0 Å². The van der Waals surface area contributed by atoms with E-state index >= 15 is 0 Å². The summed E-state index contributed by atoms with van der Waals surface area (Å²) >= 11 is 0. The molecule has 5 heteroatoms. The minimum absolute atomic E-state index is 0.0471. The van der Waals surface area contributed by atoms with E-state index < -0.39 is 18.0 Å². The minimum atomic E-state index is -0.923. The molecule has 0 rings (SSSR count). The van der Waals surface area contributed by atoms with Gasteiger partial charge in [0.15, 0.2) is 0 Å². The van der Waals surface area contributed by atoms with Crippen LogP contribution in [0.15, 0.2) is 0 Å². The first-order chi connectivity index (χ1) is 7.11. The monoisotopic (exact) mass is 217 g/mol. The van der Waals surface area contributed by atoms with Gasteiger partial charge < -0.3 is 9.84 Å². The third kappa shape index (κ3) is 6.90. The Balaban J connectivity index is 3.85. The molecule has 1 unspecified atom stereocenters. The topological polar surface area (TPSA) is 75.6 Å². The van der Waals surface area contributed by atoms with E-state index in [4.69, 9.17) is 5.11 Å². The number of carboxylic acid groups (broad SMARTS) is 1. The highest BCUT2D eigenvalue weighted by atomic mass is 16.5. The van der Waals surface area contributed by atoms with Crippen LogP contribution < -0.4 is 5.32 Å². The third-order valence-electron chi connectivity index (χ3n) is 1.94. The highest BCUT2D eigenvalue weighted by Crippen LogP contribution is 2.00. The average molecular weight is 217 g/mol. The zero-order chi connectivity index (χ0) is 11.7. The van der Waals surface area contributed by atoms with Crippen LogP contribution in [0.2, 0.25) is 0 Å². The maximum absolute atomic E-state index is 11.0. The van der Waals surface area contributed by atoms with Gasteiger partial charge in [-0.15, -0.1) is 0 Å². The second-order valence-electron chi connectivity index (χ2n) is 3.22. The van der Waals surface area contributed by atoms with Crippen molar-refractivity contribution in [3.8, 4) is 0 Å². The number of carbonyl (C=O) groups excluding carboxylic acids is 1. The fourth-order valence-electron chi connectivity index (χ4n) is 1.14. The number of carboxylic acids is 1. The van der Waals surface area contributed by atoms with E-state index in [0.717, 1.165) is 12.8 Å². The van der Waals surface area contributed by atoms with Crippen molar-refractivity contribution in [2.75, 3.05) is 13.2 Å². The fraction of sp³-hybridized carbons (Fsp3) is 0.800. The van der Waals surface area contributed by atoms with Crippen LogP contribution in [0.25, 0.3) is 0 Å². The van der Waals surface area contributed by atoms with E-state index in [9.17, 15) is 9.59 Å². The second-order valence-corrected chi connectivity index (χ2v) is 3.22. The van der Waals surface area contributed by atoms with Crippen molar-refractivity contribution in [3.63, 3.8) is 0 Å². The van der Waals surface area contributed by atoms with Crippen LogP contribution in [0.5, 0.6) is 0 Å². The van der Waals surface area contributed by atoms with Crippen molar-refractivity contribution >= 4 is 11.9 Å². The van der Waals surface area contributed by atoms with Crippen LogP contribution in [-0.4, -0.2) is 36.2 Å². The number of rotatable bonds is 8. The minimum Gasteiger partial charge on any atom is -0.480 e. The first-order valence-corrected chi connectivity index (χ1v) is 5.23. The molecular weight excluding hydrogens is 198 g/mol. The second kappa shape index (κ2) is 8.23. The van der Waals surface area contributed by atoms with E-state index in [1.165, 1.54) is 0 Å². The Labute approximate surface area is 89.8 Å². The number of unbranched alkanes of at least 4 members (excludes halogenated alkanes) is 1. The van der Waals surface area contributed by atoms with Crippen LogP contribution >= 0.6 is 0 Å². The molecule has 0 aromatic rings. The summed E-state index contributed by atoms with van der Waals surface area (Å²) in [6, 6.07) is -0.658. The molecule has 2 N–H and O–H groups in total. The molecule has 1 atom stereocenters. The van der Waals surface area contributed by atoms with Crippen LogP contribution in [0.3, 0.4) is 0 Å². The van der Waals surface area contributed by atoms with Crippen LogP contribution in [0.1, 0.15) is 33.1 Å². The Morgan fingerprint density at radius 3 is 2.53 bits per heavy atom. The molecule has 0 aliphatic rings. The number of hydrogen-bond donors (Lipinski definition) is 2. The molecule has 0 bridgehead atoms. The van der Waals surface area contributed by atoms with Gasteiger partial charge >= 0.3 is 11.9 Å². The number of ether oxygens (including phenoxy) is 1. The number of aliphatic carboxylic acids is 1. The zero-order valence-electron chi connectivity index (χ0n) is 9.28. The molecule has 15 heavy (non-hydrogen) atoms. The van der Waals surface area contributed by atoms with Crippen LogP contribution in [0, 0.1) is 0 Å². The lowest BCUT2D eigenvalue weighted by molar-refractivity contribution is -0.143. The van der Waals surface area contributed by atoms with Gasteiger partial charge in [-0.2, -0.15) is 0 Å². The van der Waals surface area contributed by atoms with Crippen molar-refractivity contribution < 1.29 is 19.4 Å². The number of nitrogens with one attached hydrogen (secondary N) is 1. The van der Waals surface area contributed by atoms with Gasteiger partial charge in [-0.3, -0.25) is 14.9 Å². The quantitative estimate of drug-likeness (QED) is 0.588. The summed E-state index contributed by atoms with van der Waals surface area (Å²) in [6.45, 7) is 3.97. The van der Waals surface area contributed by atoms with Crippen molar-refractivity contribution in [2.45, 2.75) is 39.2 Å². The van der Waals surface area contributed by atoms with Crippen molar-refractivity contribution in [2.24, 2.45) is 0 Å². The lowest BCUT2D eigenvalue weighted by atomic mass is 10.1. The third-order valence-corrected chi connectivity index (χ3v) is 1.94. The summed E-state index contributed by atoms with van der Waals surface area (Å²) in [4.78, 5) is 21.7. The Hall–Kier alpha value is -1.10. The molecule has 5 nitrogen and oxygen atoms in total. The highest BCUT2D eigenvalue weighted by molar-refractivity contribution is 5.76. The fourth-order valence-corrected chi connectivity index (χ4v) is 1.14. The number of carbonyl (C=O) groups is 2. The maximum atomic E-state index is 11.0. The smallest absolute Gasteiger partial charge is 0.320 e. The predicted octanol–water partition coefficient (Wildman–Crippen LogP) is 0.782. The molecule has 0 aliphatic carbocycles. The Bertz CT molecular complexity index is 204. The van der Waals surface area contributed by atoms with Gasteiger partial charge in [-0.05, 0) is 13.3 Å². The summed E-state index contributed by atoms with van der Waals surface area (Å²) in [5, 5.41) is 11.5. The van der Waals surface area contributed by atoms with Gasteiger partial charge in [-0.25, -0.2) is 0 Å². The van der Waals surface area contributed by atoms with Gasteiger partial charge in [0.05, 0.1) is 13.2 Å². The Kier molecular flexibility index (Phi) is 7.62. The van der Waals surface area contributed by atoms with E-state index in [2.05, 4.69) is 10.1 Å². The van der Waals surface area contributed by atoms with E-state index in [1.54, 1.807) is 6.92 Å². The lowest BCUT2D eigenvalue weighted by Crippen LogP contribution is -2.40. The lowest BCUT2D eigenvalue weighted by Gasteiger charge is -2.12. The number of hydrogen-bond acceptors (Lipinski definition) is 4. The largest absolute Gasteiger partial charge is 0.480 e. The van der Waals surface area contributed by atoms with Gasteiger partial charge in [0.25, 0.3) is 0 Å². The molecule has 88 valence electrons. The van der Waals surface area contributed by atoms with Gasteiger partial charge in [-0.1, -0.05) is 19.8 Å². The molecule has 0 fully saturated rings. The van der Waals surface area contributed by atoms with Crippen molar-refractivity contribution in [3.05, 3.63) is 0 Å². The summed E-state index contributed by atoms with van der Waals surface area (Å²) in [7, 11) is 0. The van der Waals surface area contributed by atoms with E-state index in [0.29, 0.717) is 13.0 Å².